The first-order chi connectivity index (χ1) is 15.5. The summed E-state index contributed by atoms with van der Waals surface area (Å²) in [5.41, 5.74) is 1.38. The van der Waals surface area contributed by atoms with Crippen LogP contribution in [0, 0.1) is 0 Å². The van der Waals surface area contributed by atoms with Crippen LogP contribution < -0.4 is 20.1 Å². The Morgan fingerprint density at radius 1 is 1.00 bits per heavy atom. The van der Waals surface area contributed by atoms with E-state index in [1.165, 1.54) is 0 Å². The molecule has 0 bridgehead atoms. The van der Waals surface area contributed by atoms with E-state index in [1.54, 1.807) is 49.6 Å². The molecule has 32 heavy (non-hydrogen) atoms. The normalized spacial score (nSPS) is 11.5. The van der Waals surface area contributed by atoms with Crippen molar-refractivity contribution in [2.24, 2.45) is 0 Å². The molecule has 1 aromatic heterocycles. The van der Waals surface area contributed by atoms with Crippen LogP contribution in [-0.2, 0) is 13.2 Å². The molecule has 0 fully saturated rings. The van der Waals surface area contributed by atoms with Gasteiger partial charge in [0.2, 0.25) is 0 Å². The Morgan fingerprint density at radius 2 is 1.78 bits per heavy atom. The van der Waals surface area contributed by atoms with E-state index in [9.17, 15) is 9.59 Å². The van der Waals surface area contributed by atoms with E-state index in [2.05, 4.69) is 10.6 Å². The molecule has 0 radical (unpaired) electrons. The molecule has 7 heteroatoms. The molecule has 1 heterocycles. The highest BCUT2D eigenvalue weighted by molar-refractivity contribution is 5.94. The molecule has 1 atom stereocenters. The van der Waals surface area contributed by atoms with Gasteiger partial charge in [0.05, 0.1) is 7.11 Å². The van der Waals surface area contributed by atoms with Crippen LogP contribution in [0.4, 0.5) is 0 Å². The molecule has 168 valence electrons. The Bertz CT molecular complexity index is 1060. The largest absolute Gasteiger partial charge is 0.493 e. The van der Waals surface area contributed by atoms with Crippen LogP contribution in [0.2, 0.25) is 0 Å². The minimum Gasteiger partial charge on any atom is -0.493 e. The molecule has 3 rings (SSSR count). The highest BCUT2D eigenvalue weighted by Crippen LogP contribution is 2.26. The number of rotatable bonds is 10. The summed E-state index contributed by atoms with van der Waals surface area (Å²) in [6, 6.07) is 17.9. The molecule has 2 N–H and O–H groups in total. The molecule has 2 aromatic carbocycles. The number of hydrogen-bond acceptors (Lipinski definition) is 5. The summed E-state index contributed by atoms with van der Waals surface area (Å²) in [6.07, 6.45) is 0.858. The van der Waals surface area contributed by atoms with Crippen molar-refractivity contribution in [1.29, 1.82) is 0 Å². The van der Waals surface area contributed by atoms with Crippen molar-refractivity contribution in [2.45, 2.75) is 39.5 Å². The van der Waals surface area contributed by atoms with Gasteiger partial charge in [0.1, 0.15) is 12.4 Å². The maximum Gasteiger partial charge on any atom is 0.287 e. The van der Waals surface area contributed by atoms with Crippen molar-refractivity contribution >= 4 is 11.8 Å². The molecule has 2 amide bonds. The average Bonchev–Trinajstić information content (AvgIpc) is 3.30. The maximum absolute atomic E-state index is 12.5. The first kappa shape index (κ1) is 22.9. The fourth-order valence-corrected chi connectivity index (χ4v) is 2.97. The number of ether oxygens (including phenoxy) is 2. The van der Waals surface area contributed by atoms with Gasteiger partial charge in [-0.15, -0.1) is 0 Å². The fourth-order valence-electron chi connectivity index (χ4n) is 2.97. The highest BCUT2D eigenvalue weighted by atomic mass is 16.5. The van der Waals surface area contributed by atoms with Gasteiger partial charge >= 0.3 is 0 Å². The lowest BCUT2D eigenvalue weighted by atomic mass is 10.1. The Hall–Kier alpha value is -3.74. The van der Waals surface area contributed by atoms with E-state index in [0.29, 0.717) is 22.8 Å². The van der Waals surface area contributed by atoms with Gasteiger partial charge in [-0.3, -0.25) is 9.59 Å². The Labute approximate surface area is 187 Å². The van der Waals surface area contributed by atoms with Crippen LogP contribution in [0.1, 0.15) is 52.5 Å². The third-order valence-corrected chi connectivity index (χ3v) is 4.96. The van der Waals surface area contributed by atoms with Crippen LogP contribution in [0.5, 0.6) is 11.5 Å². The lowest BCUT2D eigenvalue weighted by Crippen LogP contribution is -2.32. The topological polar surface area (TPSA) is 89.8 Å². The number of carbonyl (C=O) groups excluding carboxylic acids is 2. The number of methoxy groups -OCH3 is 1. The zero-order valence-electron chi connectivity index (χ0n) is 18.5. The molecule has 0 saturated heterocycles. The average molecular weight is 437 g/mol. The van der Waals surface area contributed by atoms with Gasteiger partial charge < -0.3 is 24.5 Å². The lowest BCUT2D eigenvalue weighted by Gasteiger charge is -2.12. The minimum absolute atomic E-state index is 0.103. The Balaban J connectivity index is 1.54. The third kappa shape index (κ3) is 6.14. The second kappa shape index (κ2) is 11.0. The van der Waals surface area contributed by atoms with Crippen LogP contribution in [-0.4, -0.2) is 25.0 Å². The lowest BCUT2D eigenvalue weighted by molar-refractivity contribution is 0.0917. The zero-order chi connectivity index (χ0) is 22.9. The van der Waals surface area contributed by atoms with Gasteiger partial charge in [-0.1, -0.05) is 31.2 Å². The van der Waals surface area contributed by atoms with Gasteiger partial charge in [0.25, 0.3) is 11.8 Å². The van der Waals surface area contributed by atoms with E-state index in [4.69, 9.17) is 13.9 Å². The van der Waals surface area contributed by atoms with Crippen LogP contribution in [0.3, 0.4) is 0 Å². The zero-order valence-corrected chi connectivity index (χ0v) is 18.5. The van der Waals surface area contributed by atoms with Gasteiger partial charge in [0, 0.05) is 18.2 Å². The van der Waals surface area contributed by atoms with Crippen molar-refractivity contribution < 1.29 is 23.5 Å². The van der Waals surface area contributed by atoms with Crippen molar-refractivity contribution in [3.8, 4) is 11.5 Å². The SMILES string of the molecule is CCC(C)NC(=O)c1cccc(CNC(=O)c2ccc(COc3ccccc3OC)o2)c1. The molecular formula is C25H28N2O5. The summed E-state index contributed by atoms with van der Waals surface area (Å²) < 4.78 is 16.6. The predicted molar refractivity (Wildman–Crippen MR) is 121 cm³/mol. The quantitative estimate of drug-likeness (QED) is 0.494. The fraction of sp³-hybridized carbons (Fsp3) is 0.280. The predicted octanol–water partition coefficient (Wildman–Crippen LogP) is 4.33. The van der Waals surface area contributed by atoms with Gasteiger partial charge in [-0.2, -0.15) is 0 Å². The molecule has 0 aliphatic rings. The van der Waals surface area contributed by atoms with Crippen molar-refractivity contribution in [1.82, 2.24) is 10.6 Å². The van der Waals surface area contributed by atoms with E-state index in [-0.39, 0.29) is 36.8 Å². The van der Waals surface area contributed by atoms with Crippen LogP contribution in [0.25, 0.3) is 0 Å². The summed E-state index contributed by atoms with van der Waals surface area (Å²) in [7, 11) is 1.57. The van der Waals surface area contributed by atoms with E-state index >= 15 is 0 Å². The van der Waals surface area contributed by atoms with Gasteiger partial charge in [-0.05, 0) is 55.3 Å². The molecule has 7 nitrogen and oxygen atoms in total. The summed E-state index contributed by atoms with van der Waals surface area (Å²) in [5, 5.41) is 5.75. The number of para-hydroxylation sites is 2. The number of hydrogen-bond donors (Lipinski definition) is 2. The molecule has 0 saturated carbocycles. The van der Waals surface area contributed by atoms with Crippen LogP contribution >= 0.6 is 0 Å². The second-order valence-corrected chi connectivity index (χ2v) is 7.37. The van der Waals surface area contributed by atoms with E-state index in [1.807, 2.05) is 32.0 Å². The Morgan fingerprint density at radius 3 is 2.53 bits per heavy atom. The number of nitrogens with one attached hydrogen (secondary N) is 2. The van der Waals surface area contributed by atoms with Crippen LogP contribution in [0.15, 0.2) is 65.1 Å². The van der Waals surface area contributed by atoms with Gasteiger partial charge in [0.15, 0.2) is 17.3 Å². The van der Waals surface area contributed by atoms with E-state index in [0.717, 1.165) is 12.0 Å². The maximum atomic E-state index is 12.5. The third-order valence-electron chi connectivity index (χ3n) is 4.96. The Kier molecular flexibility index (Phi) is 7.91. The molecule has 0 spiro atoms. The van der Waals surface area contributed by atoms with Crippen molar-refractivity contribution in [3.63, 3.8) is 0 Å². The first-order valence-electron chi connectivity index (χ1n) is 10.5. The van der Waals surface area contributed by atoms with Crippen molar-refractivity contribution in [3.05, 3.63) is 83.3 Å². The molecule has 0 aliphatic heterocycles. The molecular weight excluding hydrogens is 408 g/mol. The standard InChI is InChI=1S/C25H28N2O5/c1-4-17(2)27-24(28)19-9-7-8-18(14-19)15-26-25(29)23-13-12-20(32-23)16-31-22-11-6-5-10-21(22)30-3/h5-14,17H,4,15-16H2,1-3H3,(H,26,29)(H,27,28). The number of carbonyl (C=O) groups is 2. The van der Waals surface area contributed by atoms with Gasteiger partial charge in [-0.25, -0.2) is 0 Å². The minimum atomic E-state index is -0.344. The molecule has 3 aromatic rings. The summed E-state index contributed by atoms with van der Waals surface area (Å²) in [5.74, 6) is 1.45. The van der Waals surface area contributed by atoms with Crippen molar-refractivity contribution in [2.75, 3.05) is 7.11 Å². The smallest absolute Gasteiger partial charge is 0.287 e. The first-order valence-corrected chi connectivity index (χ1v) is 10.5. The van der Waals surface area contributed by atoms with E-state index < -0.39 is 0 Å². The molecule has 0 aliphatic carbocycles. The summed E-state index contributed by atoms with van der Waals surface area (Å²) in [4.78, 5) is 24.8. The summed E-state index contributed by atoms with van der Waals surface area (Å²) >= 11 is 0. The molecule has 1 unspecified atom stereocenters. The summed E-state index contributed by atoms with van der Waals surface area (Å²) in [6.45, 7) is 4.42. The number of amides is 2. The highest BCUT2D eigenvalue weighted by Gasteiger charge is 2.13. The number of furan rings is 1. The monoisotopic (exact) mass is 436 g/mol. The second-order valence-electron chi connectivity index (χ2n) is 7.37. The number of benzene rings is 2.